The fourth-order valence-corrected chi connectivity index (χ4v) is 3.56. The minimum Gasteiger partial charge on any atom is -0.385 e. The summed E-state index contributed by atoms with van der Waals surface area (Å²) in [6.45, 7) is 3.39. The molecule has 0 aliphatic heterocycles. The summed E-state index contributed by atoms with van der Waals surface area (Å²) in [7, 11) is 1.59. The largest absolute Gasteiger partial charge is 0.385 e. The standard InChI is InChI=1S/C24H24N4O4/c1-17-22(14-19(15-25)24(29)26-12-5-13-32-2)21-6-3-4-7-23(21)27(17)16-18-8-10-20(11-9-18)28(30)31/h3-4,6-11,14H,5,12-13,16H2,1-2H3,(H,26,29)/b19-14+. The van der Waals surface area contributed by atoms with Gasteiger partial charge in [0.1, 0.15) is 11.6 Å². The number of para-hydroxylation sites is 1. The Kier molecular flexibility index (Phi) is 7.37. The molecule has 2 aromatic carbocycles. The topological polar surface area (TPSA) is 110 Å². The quantitative estimate of drug-likeness (QED) is 0.181. The van der Waals surface area contributed by atoms with E-state index in [0.717, 1.165) is 27.7 Å². The summed E-state index contributed by atoms with van der Waals surface area (Å²) >= 11 is 0. The zero-order valence-corrected chi connectivity index (χ0v) is 18.0. The zero-order valence-electron chi connectivity index (χ0n) is 18.0. The maximum Gasteiger partial charge on any atom is 0.269 e. The van der Waals surface area contributed by atoms with Crippen LogP contribution in [0.15, 0.2) is 54.1 Å². The Morgan fingerprint density at radius 1 is 1.25 bits per heavy atom. The first-order chi connectivity index (χ1) is 15.5. The number of non-ortho nitro benzene ring substituents is 1. The van der Waals surface area contributed by atoms with Crippen LogP contribution in [0.3, 0.4) is 0 Å². The van der Waals surface area contributed by atoms with Crippen LogP contribution < -0.4 is 5.32 Å². The molecule has 1 heterocycles. The number of carbonyl (C=O) groups is 1. The molecule has 164 valence electrons. The van der Waals surface area contributed by atoms with Crippen molar-refractivity contribution in [3.05, 3.63) is 81.0 Å². The lowest BCUT2D eigenvalue weighted by atomic mass is 10.1. The number of hydrogen-bond acceptors (Lipinski definition) is 5. The number of methoxy groups -OCH3 is 1. The third kappa shape index (κ3) is 5.02. The highest BCUT2D eigenvalue weighted by Crippen LogP contribution is 2.29. The van der Waals surface area contributed by atoms with Gasteiger partial charge in [-0.15, -0.1) is 0 Å². The second kappa shape index (κ2) is 10.4. The monoisotopic (exact) mass is 432 g/mol. The fourth-order valence-electron chi connectivity index (χ4n) is 3.56. The van der Waals surface area contributed by atoms with Gasteiger partial charge in [-0.2, -0.15) is 5.26 Å². The molecule has 0 aliphatic rings. The molecular formula is C24H24N4O4. The highest BCUT2D eigenvalue weighted by molar-refractivity contribution is 6.04. The lowest BCUT2D eigenvalue weighted by Gasteiger charge is -2.09. The van der Waals surface area contributed by atoms with Crippen LogP contribution in [0.4, 0.5) is 5.69 Å². The van der Waals surface area contributed by atoms with Crippen LogP contribution in [0, 0.1) is 28.4 Å². The van der Waals surface area contributed by atoms with Crippen molar-refractivity contribution in [3.63, 3.8) is 0 Å². The number of aromatic nitrogens is 1. The molecule has 8 nitrogen and oxygen atoms in total. The minimum absolute atomic E-state index is 0.0313. The van der Waals surface area contributed by atoms with Crippen LogP contribution in [0.5, 0.6) is 0 Å². The van der Waals surface area contributed by atoms with Gasteiger partial charge >= 0.3 is 0 Å². The van der Waals surface area contributed by atoms with E-state index in [9.17, 15) is 20.2 Å². The van der Waals surface area contributed by atoms with Crippen molar-refractivity contribution in [2.24, 2.45) is 0 Å². The Labute approximate surface area is 185 Å². The third-order valence-corrected chi connectivity index (χ3v) is 5.23. The van der Waals surface area contributed by atoms with E-state index < -0.39 is 10.8 Å². The molecule has 0 atom stereocenters. The molecule has 32 heavy (non-hydrogen) atoms. The van der Waals surface area contributed by atoms with Crippen LogP contribution in [-0.4, -0.2) is 35.7 Å². The average molecular weight is 432 g/mol. The molecule has 0 aliphatic carbocycles. The van der Waals surface area contributed by atoms with E-state index in [2.05, 4.69) is 9.88 Å². The fraction of sp³-hybridized carbons (Fsp3) is 0.250. The number of ether oxygens (including phenoxy) is 1. The molecule has 1 amide bonds. The summed E-state index contributed by atoms with van der Waals surface area (Å²) in [5.41, 5.74) is 3.62. The molecule has 3 aromatic rings. The number of amides is 1. The molecule has 0 radical (unpaired) electrons. The number of nitro benzene ring substituents is 1. The third-order valence-electron chi connectivity index (χ3n) is 5.23. The Morgan fingerprint density at radius 3 is 2.62 bits per heavy atom. The number of rotatable bonds is 9. The Morgan fingerprint density at radius 2 is 1.97 bits per heavy atom. The molecule has 1 aromatic heterocycles. The number of benzene rings is 2. The summed E-state index contributed by atoms with van der Waals surface area (Å²) < 4.78 is 7.05. The van der Waals surface area contributed by atoms with Crippen LogP contribution in [0.2, 0.25) is 0 Å². The number of nitro groups is 1. The van der Waals surface area contributed by atoms with Gasteiger partial charge in [0.25, 0.3) is 11.6 Å². The lowest BCUT2D eigenvalue weighted by molar-refractivity contribution is -0.384. The number of fused-ring (bicyclic) bond motifs is 1. The first-order valence-electron chi connectivity index (χ1n) is 10.2. The van der Waals surface area contributed by atoms with Gasteiger partial charge in [0, 0.05) is 61.1 Å². The van der Waals surface area contributed by atoms with Crippen molar-refractivity contribution in [1.82, 2.24) is 9.88 Å². The summed E-state index contributed by atoms with van der Waals surface area (Å²) in [6.07, 6.45) is 2.28. The molecule has 3 rings (SSSR count). The van der Waals surface area contributed by atoms with Gasteiger partial charge in [-0.05, 0) is 31.1 Å². The highest BCUT2D eigenvalue weighted by Gasteiger charge is 2.16. The Bertz CT molecular complexity index is 1200. The summed E-state index contributed by atoms with van der Waals surface area (Å²) in [5, 5.41) is 24.2. The predicted molar refractivity (Wildman–Crippen MR) is 122 cm³/mol. The van der Waals surface area contributed by atoms with E-state index in [-0.39, 0.29) is 11.3 Å². The second-order valence-electron chi connectivity index (χ2n) is 7.30. The van der Waals surface area contributed by atoms with E-state index >= 15 is 0 Å². The first-order valence-corrected chi connectivity index (χ1v) is 10.2. The lowest BCUT2D eigenvalue weighted by Crippen LogP contribution is -2.26. The molecular weight excluding hydrogens is 408 g/mol. The van der Waals surface area contributed by atoms with E-state index in [1.165, 1.54) is 12.1 Å². The summed E-state index contributed by atoms with van der Waals surface area (Å²) in [4.78, 5) is 23.0. The molecule has 0 saturated carbocycles. The first kappa shape index (κ1) is 22.7. The summed E-state index contributed by atoms with van der Waals surface area (Å²) in [6, 6.07) is 16.2. The molecule has 0 fully saturated rings. The predicted octanol–water partition coefficient (Wildman–Crippen LogP) is 3.97. The molecule has 1 N–H and O–H groups in total. The van der Waals surface area contributed by atoms with Crippen LogP contribution >= 0.6 is 0 Å². The van der Waals surface area contributed by atoms with Crippen molar-refractivity contribution in [3.8, 4) is 6.07 Å². The van der Waals surface area contributed by atoms with E-state index in [1.54, 1.807) is 25.3 Å². The zero-order chi connectivity index (χ0) is 23.1. The molecule has 0 spiro atoms. The highest BCUT2D eigenvalue weighted by atomic mass is 16.6. The number of nitrogens with one attached hydrogen (secondary N) is 1. The molecule has 8 heteroatoms. The number of hydrogen-bond donors (Lipinski definition) is 1. The number of carbonyl (C=O) groups excluding carboxylic acids is 1. The van der Waals surface area contributed by atoms with Gasteiger partial charge in [-0.1, -0.05) is 30.3 Å². The molecule has 0 saturated heterocycles. The normalized spacial score (nSPS) is 11.3. The Hall–Kier alpha value is -3.96. The van der Waals surface area contributed by atoms with Gasteiger partial charge < -0.3 is 14.6 Å². The molecule has 0 unspecified atom stereocenters. The molecule has 0 bridgehead atoms. The number of nitriles is 1. The maximum atomic E-state index is 12.5. The smallest absolute Gasteiger partial charge is 0.269 e. The summed E-state index contributed by atoms with van der Waals surface area (Å²) in [5.74, 6) is -0.421. The van der Waals surface area contributed by atoms with Crippen LogP contribution in [0.1, 0.15) is 23.2 Å². The van der Waals surface area contributed by atoms with Gasteiger partial charge in [0.15, 0.2) is 0 Å². The van der Waals surface area contributed by atoms with Crippen molar-refractivity contribution in [2.45, 2.75) is 19.9 Å². The Balaban J connectivity index is 1.95. The van der Waals surface area contributed by atoms with Gasteiger partial charge in [-0.3, -0.25) is 14.9 Å². The maximum absolute atomic E-state index is 12.5. The van der Waals surface area contributed by atoms with E-state index in [0.29, 0.717) is 26.1 Å². The average Bonchev–Trinajstić information content (AvgIpc) is 3.06. The van der Waals surface area contributed by atoms with Crippen molar-refractivity contribution in [1.29, 1.82) is 5.26 Å². The van der Waals surface area contributed by atoms with E-state index in [1.807, 2.05) is 37.3 Å². The minimum atomic E-state index is -0.424. The number of nitrogens with zero attached hydrogens (tertiary/aromatic N) is 3. The SMILES string of the molecule is COCCCNC(=O)/C(C#N)=C/c1c(C)n(Cc2ccc([N+](=O)[O-])cc2)c2ccccc12. The van der Waals surface area contributed by atoms with Crippen molar-refractivity contribution >= 4 is 28.6 Å². The van der Waals surface area contributed by atoms with E-state index in [4.69, 9.17) is 4.74 Å². The van der Waals surface area contributed by atoms with Gasteiger partial charge in [0.05, 0.1) is 4.92 Å². The van der Waals surface area contributed by atoms with Gasteiger partial charge in [0.2, 0.25) is 0 Å². The van der Waals surface area contributed by atoms with Gasteiger partial charge in [-0.25, -0.2) is 0 Å². The second-order valence-corrected chi connectivity index (χ2v) is 7.30. The van der Waals surface area contributed by atoms with Crippen LogP contribution in [0.25, 0.3) is 17.0 Å². The van der Waals surface area contributed by atoms with Crippen molar-refractivity contribution in [2.75, 3.05) is 20.3 Å². The van der Waals surface area contributed by atoms with Crippen molar-refractivity contribution < 1.29 is 14.5 Å². The van der Waals surface area contributed by atoms with Crippen LogP contribution in [-0.2, 0) is 16.1 Å².